The van der Waals surface area contributed by atoms with Gasteiger partial charge in [0.2, 0.25) is 5.91 Å². The first-order valence-electron chi connectivity index (χ1n) is 9.32. The molecule has 0 fully saturated rings. The highest BCUT2D eigenvalue weighted by molar-refractivity contribution is 7.99. The molecule has 2 heterocycles. The predicted molar refractivity (Wildman–Crippen MR) is 125 cm³/mol. The van der Waals surface area contributed by atoms with E-state index in [-0.39, 0.29) is 11.7 Å². The number of thioether (sulfide) groups is 1. The molecule has 1 amide bonds. The second-order valence-corrected chi connectivity index (χ2v) is 8.41. The predicted octanol–water partition coefficient (Wildman–Crippen LogP) is 5.68. The van der Waals surface area contributed by atoms with Crippen LogP contribution in [0.1, 0.15) is 5.56 Å². The molecular weight excluding hydrogens is 453 g/mol. The van der Waals surface area contributed by atoms with Crippen LogP contribution in [-0.2, 0) is 4.79 Å². The minimum Gasteiger partial charge on any atom is -0.323 e. The number of nitrogens with one attached hydrogen (secondary N) is 1. The first-order valence-corrected chi connectivity index (χ1v) is 11.1. The normalized spacial score (nSPS) is 10.8. The molecule has 0 spiro atoms. The molecule has 0 radical (unpaired) electrons. The number of benzene rings is 2. The fourth-order valence-electron chi connectivity index (χ4n) is 2.89. The number of carbonyl (C=O) groups excluding carboxylic acids is 1. The number of aromatic nitrogens is 4. The summed E-state index contributed by atoms with van der Waals surface area (Å²) in [6.45, 7) is 2.03. The van der Waals surface area contributed by atoms with Crippen molar-refractivity contribution in [3.63, 3.8) is 0 Å². The molecule has 0 bridgehead atoms. The van der Waals surface area contributed by atoms with Crippen LogP contribution in [0, 0.1) is 6.92 Å². The molecule has 0 unspecified atom stereocenters. The number of aryl methyl sites for hydroxylation is 1. The molecule has 0 atom stereocenters. The Hall–Kier alpha value is -2.87. The van der Waals surface area contributed by atoms with Gasteiger partial charge >= 0.3 is 0 Å². The van der Waals surface area contributed by atoms with E-state index in [0.717, 1.165) is 16.8 Å². The lowest BCUT2D eigenvalue weighted by Crippen LogP contribution is -2.15. The number of pyridine rings is 1. The Balaban J connectivity index is 1.60. The quantitative estimate of drug-likeness (QED) is 0.368. The summed E-state index contributed by atoms with van der Waals surface area (Å²) in [6.07, 6.45) is 3.44. The summed E-state index contributed by atoms with van der Waals surface area (Å²) in [4.78, 5) is 16.7. The molecule has 31 heavy (non-hydrogen) atoms. The SMILES string of the molecule is Cc1ccc(-n2c(SCC(=O)Nc3c(Cl)cccc3Cl)nnc2-c2cccnc2)cc1. The van der Waals surface area contributed by atoms with Crippen LogP contribution in [0.15, 0.2) is 72.1 Å². The summed E-state index contributed by atoms with van der Waals surface area (Å²) in [7, 11) is 0. The summed E-state index contributed by atoms with van der Waals surface area (Å²) in [5, 5.41) is 12.8. The van der Waals surface area contributed by atoms with Crippen molar-refractivity contribution in [2.45, 2.75) is 12.1 Å². The Morgan fingerprint density at radius 1 is 1.03 bits per heavy atom. The standard InChI is InChI=1S/C22H17Cl2N5OS/c1-14-7-9-16(10-8-14)29-21(15-4-3-11-25-12-15)27-28-22(29)31-13-19(30)26-20-17(23)5-2-6-18(20)24/h2-12H,13H2,1H3,(H,26,30). The number of amides is 1. The molecule has 2 aromatic heterocycles. The van der Waals surface area contributed by atoms with E-state index in [9.17, 15) is 4.79 Å². The maximum Gasteiger partial charge on any atom is 0.234 e. The van der Waals surface area contributed by atoms with Crippen LogP contribution >= 0.6 is 35.0 Å². The van der Waals surface area contributed by atoms with Crippen molar-refractivity contribution in [1.82, 2.24) is 19.7 Å². The van der Waals surface area contributed by atoms with Gasteiger partial charge in [-0.15, -0.1) is 10.2 Å². The minimum absolute atomic E-state index is 0.110. The third kappa shape index (κ3) is 4.90. The highest BCUT2D eigenvalue weighted by atomic mass is 35.5. The van der Waals surface area contributed by atoms with E-state index in [1.165, 1.54) is 11.8 Å². The molecule has 156 valence electrons. The second-order valence-electron chi connectivity index (χ2n) is 6.65. The van der Waals surface area contributed by atoms with Gasteiger partial charge in [-0.1, -0.05) is 58.7 Å². The molecule has 0 aliphatic heterocycles. The Morgan fingerprint density at radius 3 is 2.45 bits per heavy atom. The van der Waals surface area contributed by atoms with Crippen molar-refractivity contribution >= 4 is 46.6 Å². The van der Waals surface area contributed by atoms with Gasteiger partial charge < -0.3 is 5.32 Å². The van der Waals surface area contributed by atoms with Crippen LogP contribution < -0.4 is 5.32 Å². The van der Waals surface area contributed by atoms with Crippen LogP contribution in [-0.4, -0.2) is 31.4 Å². The molecule has 9 heteroatoms. The zero-order valence-electron chi connectivity index (χ0n) is 16.4. The number of halogens is 2. The van der Waals surface area contributed by atoms with E-state index in [1.54, 1.807) is 30.6 Å². The summed E-state index contributed by atoms with van der Waals surface area (Å²) in [5.41, 5.74) is 3.26. The number of hydrogen-bond donors (Lipinski definition) is 1. The molecule has 4 rings (SSSR count). The lowest BCUT2D eigenvalue weighted by Gasteiger charge is -2.11. The average molecular weight is 470 g/mol. The lowest BCUT2D eigenvalue weighted by atomic mass is 10.2. The van der Waals surface area contributed by atoms with Crippen molar-refractivity contribution in [2.24, 2.45) is 0 Å². The number of rotatable bonds is 6. The summed E-state index contributed by atoms with van der Waals surface area (Å²) in [6, 6.07) is 16.8. The molecule has 2 aromatic carbocycles. The molecule has 1 N–H and O–H groups in total. The second kappa shape index (κ2) is 9.51. The van der Waals surface area contributed by atoms with E-state index < -0.39 is 0 Å². The monoisotopic (exact) mass is 469 g/mol. The lowest BCUT2D eigenvalue weighted by molar-refractivity contribution is -0.113. The highest BCUT2D eigenvalue weighted by Gasteiger charge is 2.18. The third-order valence-electron chi connectivity index (χ3n) is 4.40. The number of nitrogens with zero attached hydrogens (tertiary/aromatic N) is 4. The van der Waals surface area contributed by atoms with Gasteiger partial charge in [0.05, 0.1) is 21.5 Å². The number of carbonyl (C=O) groups is 1. The summed E-state index contributed by atoms with van der Waals surface area (Å²) < 4.78 is 1.91. The van der Waals surface area contributed by atoms with Crippen LogP contribution in [0.2, 0.25) is 10.0 Å². The third-order valence-corrected chi connectivity index (χ3v) is 5.96. The maximum absolute atomic E-state index is 12.5. The smallest absolute Gasteiger partial charge is 0.234 e. The van der Waals surface area contributed by atoms with Crippen molar-refractivity contribution in [3.8, 4) is 17.1 Å². The Morgan fingerprint density at radius 2 is 1.77 bits per heavy atom. The molecule has 0 aliphatic carbocycles. The van der Waals surface area contributed by atoms with E-state index in [2.05, 4.69) is 20.5 Å². The summed E-state index contributed by atoms with van der Waals surface area (Å²) >= 11 is 13.6. The van der Waals surface area contributed by atoms with E-state index in [4.69, 9.17) is 23.2 Å². The van der Waals surface area contributed by atoms with E-state index in [1.807, 2.05) is 47.9 Å². The minimum atomic E-state index is -0.249. The topological polar surface area (TPSA) is 72.7 Å². The zero-order chi connectivity index (χ0) is 21.8. The molecule has 4 aromatic rings. The molecular formula is C22H17Cl2N5OS. The zero-order valence-corrected chi connectivity index (χ0v) is 18.7. The van der Waals surface area contributed by atoms with Crippen LogP contribution in [0.4, 0.5) is 5.69 Å². The first-order chi connectivity index (χ1) is 15.0. The molecule has 0 saturated carbocycles. The highest BCUT2D eigenvalue weighted by Crippen LogP contribution is 2.31. The van der Waals surface area contributed by atoms with Crippen molar-refractivity contribution < 1.29 is 4.79 Å². The Kier molecular flexibility index (Phi) is 6.56. The van der Waals surface area contributed by atoms with Gasteiger partial charge in [-0.25, -0.2) is 0 Å². The fourth-order valence-corrected chi connectivity index (χ4v) is 4.14. The number of anilines is 1. The van der Waals surface area contributed by atoms with E-state index >= 15 is 0 Å². The number of para-hydroxylation sites is 1. The van der Waals surface area contributed by atoms with Crippen molar-refractivity contribution in [2.75, 3.05) is 11.1 Å². The molecule has 6 nitrogen and oxygen atoms in total. The van der Waals surface area contributed by atoms with Gasteiger partial charge in [-0.3, -0.25) is 14.3 Å². The van der Waals surface area contributed by atoms with Gasteiger partial charge in [0.1, 0.15) is 0 Å². The maximum atomic E-state index is 12.5. The van der Waals surface area contributed by atoms with Crippen molar-refractivity contribution in [1.29, 1.82) is 0 Å². The van der Waals surface area contributed by atoms with Gasteiger partial charge in [0.25, 0.3) is 0 Å². The van der Waals surface area contributed by atoms with Gasteiger partial charge in [-0.2, -0.15) is 0 Å². The van der Waals surface area contributed by atoms with Crippen molar-refractivity contribution in [3.05, 3.63) is 82.6 Å². The fraction of sp³-hybridized carbons (Fsp3) is 0.0909. The average Bonchev–Trinajstić information content (AvgIpc) is 3.20. The van der Waals surface area contributed by atoms with Crippen LogP contribution in [0.3, 0.4) is 0 Å². The largest absolute Gasteiger partial charge is 0.323 e. The Labute approximate surface area is 193 Å². The Bertz CT molecular complexity index is 1190. The van der Waals surface area contributed by atoms with Crippen LogP contribution in [0.5, 0.6) is 0 Å². The molecule has 0 saturated heterocycles. The van der Waals surface area contributed by atoms with E-state index in [0.29, 0.717) is 26.7 Å². The first kappa shape index (κ1) is 21.4. The van der Waals surface area contributed by atoms with Gasteiger partial charge in [0, 0.05) is 23.6 Å². The number of hydrogen-bond acceptors (Lipinski definition) is 5. The van der Waals surface area contributed by atoms with Crippen LogP contribution in [0.25, 0.3) is 17.1 Å². The van der Waals surface area contributed by atoms with Gasteiger partial charge in [0.15, 0.2) is 11.0 Å². The summed E-state index contributed by atoms with van der Waals surface area (Å²) in [5.74, 6) is 0.508. The van der Waals surface area contributed by atoms with Gasteiger partial charge in [-0.05, 0) is 43.3 Å². The molecule has 0 aliphatic rings.